The van der Waals surface area contributed by atoms with E-state index in [0.29, 0.717) is 5.75 Å². The summed E-state index contributed by atoms with van der Waals surface area (Å²) in [6.07, 6.45) is 5.67. The van der Waals surface area contributed by atoms with Crippen molar-refractivity contribution in [1.29, 1.82) is 0 Å². The zero-order valence-electron chi connectivity index (χ0n) is 13.4. The van der Waals surface area contributed by atoms with Crippen LogP contribution in [0.15, 0.2) is 36.8 Å². The number of hydrazine groups is 1. The largest absolute Gasteiger partial charge is 0.495 e. The second kappa shape index (κ2) is 6.45. The number of nitrogen functional groups attached to an aromatic ring is 1. The van der Waals surface area contributed by atoms with Crippen molar-refractivity contribution in [1.82, 2.24) is 10.4 Å². The fourth-order valence-corrected chi connectivity index (χ4v) is 2.69. The second-order valence-corrected chi connectivity index (χ2v) is 5.46. The van der Waals surface area contributed by atoms with Crippen molar-refractivity contribution in [2.75, 3.05) is 17.9 Å². The molecule has 2 heterocycles. The Bertz CT molecular complexity index is 794. The van der Waals surface area contributed by atoms with E-state index < -0.39 is 11.6 Å². The monoisotopic (exact) mass is 332 g/mol. The molecule has 0 saturated carbocycles. The molecule has 24 heavy (non-hydrogen) atoms. The van der Waals surface area contributed by atoms with Crippen LogP contribution in [0.2, 0.25) is 0 Å². The lowest BCUT2D eigenvalue weighted by molar-refractivity contribution is 0.412. The molecule has 0 spiro atoms. The van der Waals surface area contributed by atoms with Gasteiger partial charge >= 0.3 is 0 Å². The molecular formula is C17H18F2N4O. The summed E-state index contributed by atoms with van der Waals surface area (Å²) < 4.78 is 33.6. The predicted molar refractivity (Wildman–Crippen MR) is 89.2 cm³/mol. The fraction of sp³-hybridized carbons (Fsp3) is 0.235. The van der Waals surface area contributed by atoms with E-state index in [1.165, 1.54) is 11.1 Å². The molecule has 0 fully saturated rings. The quantitative estimate of drug-likeness (QED) is 0.843. The summed E-state index contributed by atoms with van der Waals surface area (Å²) in [4.78, 5) is 4.14. The van der Waals surface area contributed by atoms with Gasteiger partial charge < -0.3 is 10.5 Å². The van der Waals surface area contributed by atoms with Crippen LogP contribution < -0.4 is 20.9 Å². The number of benzene rings is 1. The molecule has 126 valence electrons. The number of anilines is 2. The first-order chi connectivity index (χ1) is 11.5. The number of ether oxygens (including phenoxy) is 1. The molecule has 0 radical (unpaired) electrons. The van der Waals surface area contributed by atoms with Crippen molar-refractivity contribution in [3.8, 4) is 5.75 Å². The Hall–Kier alpha value is -2.67. The normalized spacial score (nSPS) is 17.1. The highest BCUT2D eigenvalue weighted by Crippen LogP contribution is 2.34. The van der Waals surface area contributed by atoms with Crippen LogP contribution in [0.4, 0.5) is 20.2 Å². The van der Waals surface area contributed by atoms with Crippen molar-refractivity contribution < 1.29 is 13.5 Å². The maximum atomic E-state index is 14.3. The van der Waals surface area contributed by atoms with Gasteiger partial charge in [-0.3, -0.25) is 9.99 Å². The van der Waals surface area contributed by atoms with Crippen molar-refractivity contribution in [2.24, 2.45) is 0 Å². The molecule has 0 bridgehead atoms. The summed E-state index contributed by atoms with van der Waals surface area (Å²) >= 11 is 0. The molecule has 1 aromatic heterocycles. The maximum absolute atomic E-state index is 14.3. The molecule has 0 amide bonds. The van der Waals surface area contributed by atoms with Gasteiger partial charge in [0.25, 0.3) is 0 Å². The molecule has 3 rings (SSSR count). The number of methoxy groups -OCH3 is 1. The molecular weight excluding hydrogens is 314 g/mol. The number of halogens is 2. The van der Waals surface area contributed by atoms with Crippen LogP contribution in [-0.2, 0) is 0 Å². The molecule has 0 aliphatic carbocycles. The maximum Gasteiger partial charge on any atom is 0.174 e. The van der Waals surface area contributed by atoms with Gasteiger partial charge in [0.05, 0.1) is 25.0 Å². The second-order valence-electron chi connectivity index (χ2n) is 5.46. The minimum Gasteiger partial charge on any atom is -0.495 e. The van der Waals surface area contributed by atoms with E-state index in [9.17, 15) is 8.78 Å². The molecule has 0 saturated heterocycles. The average Bonchev–Trinajstić information content (AvgIpc) is 3.02. The van der Waals surface area contributed by atoms with Gasteiger partial charge in [0.2, 0.25) is 0 Å². The highest BCUT2D eigenvalue weighted by molar-refractivity contribution is 5.76. The number of hydrogen-bond donors (Lipinski definition) is 2. The molecule has 1 aliphatic rings. The lowest BCUT2D eigenvalue weighted by Gasteiger charge is -2.21. The van der Waals surface area contributed by atoms with E-state index in [1.807, 2.05) is 13.0 Å². The highest BCUT2D eigenvalue weighted by Gasteiger charge is 2.28. The predicted octanol–water partition coefficient (Wildman–Crippen LogP) is 3.09. The molecule has 2 aromatic rings. The van der Waals surface area contributed by atoms with Gasteiger partial charge in [-0.25, -0.2) is 14.2 Å². The van der Waals surface area contributed by atoms with E-state index in [0.717, 1.165) is 23.6 Å². The van der Waals surface area contributed by atoms with Gasteiger partial charge in [0.1, 0.15) is 11.4 Å². The Morgan fingerprint density at radius 2 is 2.12 bits per heavy atom. The van der Waals surface area contributed by atoms with Crippen molar-refractivity contribution in [2.45, 2.75) is 19.4 Å². The Balaban J connectivity index is 2.04. The SMILES string of the molecule is CCC1NN(c2c(F)ccc(N)c2F)C=C1c1cncc(OC)c1. The van der Waals surface area contributed by atoms with Crippen LogP contribution in [0.3, 0.4) is 0 Å². The van der Waals surface area contributed by atoms with Crippen LogP contribution in [0.5, 0.6) is 5.75 Å². The van der Waals surface area contributed by atoms with Crippen LogP contribution in [-0.4, -0.2) is 18.1 Å². The van der Waals surface area contributed by atoms with Crippen LogP contribution >= 0.6 is 0 Å². The molecule has 7 heteroatoms. The standard InChI is InChI=1S/C17H18F2N4O/c1-3-15-12(10-6-11(24-2)8-21-7-10)9-23(22-15)17-13(18)4-5-14(20)16(17)19/h4-9,15,22H,3,20H2,1-2H3. The molecule has 1 unspecified atom stereocenters. The Morgan fingerprint density at radius 1 is 1.33 bits per heavy atom. The Kier molecular flexibility index (Phi) is 4.35. The first-order valence-corrected chi connectivity index (χ1v) is 7.55. The number of pyridine rings is 1. The van der Waals surface area contributed by atoms with Gasteiger partial charge in [0.15, 0.2) is 11.6 Å². The zero-order chi connectivity index (χ0) is 17.3. The third-order valence-electron chi connectivity index (χ3n) is 3.97. The van der Waals surface area contributed by atoms with Crippen molar-refractivity contribution >= 4 is 16.9 Å². The molecule has 5 nitrogen and oxygen atoms in total. The van der Waals surface area contributed by atoms with Crippen LogP contribution in [0, 0.1) is 11.6 Å². The number of nitrogens with zero attached hydrogens (tertiary/aromatic N) is 2. The summed E-state index contributed by atoms with van der Waals surface area (Å²) in [6, 6.07) is 4.07. The molecule has 1 aromatic carbocycles. The third-order valence-corrected chi connectivity index (χ3v) is 3.97. The van der Waals surface area contributed by atoms with Gasteiger partial charge in [-0.1, -0.05) is 6.92 Å². The van der Waals surface area contributed by atoms with Gasteiger partial charge in [-0.15, -0.1) is 0 Å². The Labute approximate surface area is 138 Å². The number of hydrogen-bond acceptors (Lipinski definition) is 5. The summed E-state index contributed by atoms with van der Waals surface area (Å²) in [5, 5.41) is 1.34. The van der Waals surface area contributed by atoms with E-state index in [1.54, 1.807) is 25.7 Å². The lowest BCUT2D eigenvalue weighted by Crippen LogP contribution is -2.36. The molecule has 1 atom stereocenters. The minimum atomic E-state index is -0.793. The number of nitrogens with one attached hydrogen (secondary N) is 1. The Morgan fingerprint density at radius 3 is 2.83 bits per heavy atom. The van der Waals surface area contributed by atoms with E-state index in [-0.39, 0.29) is 17.4 Å². The van der Waals surface area contributed by atoms with Gasteiger partial charge in [0, 0.05) is 18.0 Å². The van der Waals surface area contributed by atoms with E-state index in [4.69, 9.17) is 10.5 Å². The fourth-order valence-electron chi connectivity index (χ4n) is 2.69. The first-order valence-electron chi connectivity index (χ1n) is 7.55. The summed E-state index contributed by atoms with van der Waals surface area (Å²) in [6.45, 7) is 1.98. The van der Waals surface area contributed by atoms with Crippen molar-refractivity contribution in [3.63, 3.8) is 0 Å². The third kappa shape index (κ3) is 2.78. The summed E-state index contributed by atoms with van der Waals surface area (Å²) in [7, 11) is 1.56. The highest BCUT2D eigenvalue weighted by atomic mass is 19.1. The summed E-state index contributed by atoms with van der Waals surface area (Å²) in [5.41, 5.74) is 10.0. The summed E-state index contributed by atoms with van der Waals surface area (Å²) in [5.74, 6) is -0.869. The molecule has 1 aliphatic heterocycles. The first kappa shape index (κ1) is 16.2. The smallest absolute Gasteiger partial charge is 0.174 e. The topological polar surface area (TPSA) is 63.4 Å². The number of aromatic nitrogens is 1. The van der Waals surface area contributed by atoms with Crippen LogP contribution in [0.1, 0.15) is 18.9 Å². The molecule has 3 N–H and O–H groups in total. The van der Waals surface area contributed by atoms with Gasteiger partial charge in [-0.2, -0.15) is 0 Å². The van der Waals surface area contributed by atoms with Crippen molar-refractivity contribution in [3.05, 3.63) is 54.0 Å². The van der Waals surface area contributed by atoms with Crippen LogP contribution in [0.25, 0.3) is 5.57 Å². The minimum absolute atomic E-state index is 0.105. The lowest BCUT2D eigenvalue weighted by atomic mass is 10.0. The van der Waals surface area contributed by atoms with E-state index >= 15 is 0 Å². The average molecular weight is 332 g/mol. The van der Waals surface area contributed by atoms with Gasteiger partial charge in [-0.05, 0) is 30.2 Å². The van der Waals surface area contributed by atoms with E-state index in [2.05, 4.69) is 10.4 Å². The number of nitrogens with two attached hydrogens (primary N) is 1. The number of rotatable bonds is 4. The zero-order valence-corrected chi connectivity index (χ0v) is 13.4.